The van der Waals surface area contributed by atoms with Gasteiger partial charge in [-0.15, -0.1) is 0 Å². The molecule has 0 aliphatic carbocycles. The second-order valence-electron chi connectivity index (χ2n) is 3.85. The van der Waals surface area contributed by atoms with Crippen LogP contribution in [0.25, 0.3) is 0 Å². The maximum absolute atomic E-state index is 11.7. The zero-order chi connectivity index (χ0) is 11.5. The van der Waals surface area contributed by atoms with E-state index in [1.807, 2.05) is 37.1 Å². The van der Waals surface area contributed by atoms with Gasteiger partial charge < -0.3 is 4.90 Å². The first-order chi connectivity index (χ1) is 7.68. The molecule has 0 spiro atoms. The van der Waals surface area contributed by atoms with Crippen LogP contribution >= 0.6 is 0 Å². The summed E-state index contributed by atoms with van der Waals surface area (Å²) in [6, 6.07) is 1.95. The SMILES string of the molecule is CC(C)n1ccc(N2C=CC=NC2)nc1=O. The van der Waals surface area contributed by atoms with Crippen molar-refractivity contribution < 1.29 is 0 Å². The lowest BCUT2D eigenvalue weighted by Crippen LogP contribution is -2.28. The maximum atomic E-state index is 11.7. The smallest absolute Gasteiger partial charge is 0.313 e. The predicted molar refractivity (Wildman–Crippen MR) is 63.9 cm³/mol. The van der Waals surface area contributed by atoms with Crippen molar-refractivity contribution in [1.29, 1.82) is 0 Å². The zero-order valence-electron chi connectivity index (χ0n) is 9.37. The molecule has 1 aliphatic heterocycles. The molecule has 0 bridgehead atoms. The van der Waals surface area contributed by atoms with E-state index in [-0.39, 0.29) is 11.7 Å². The van der Waals surface area contributed by atoms with Crippen molar-refractivity contribution in [3.05, 3.63) is 35.0 Å². The van der Waals surface area contributed by atoms with Gasteiger partial charge in [-0.1, -0.05) is 0 Å². The minimum Gasteiger partial charge on any atom is -0.313 e. The normalized spacial score (nSPS) is 14.8. The third kappa shape index (κ3) is 2.03. The van der Waals surface area contributed by atoms with Crippen LogP contribution in [-0.4, -0.2) is 22.4 Å². The molecule has 0 saturated heterocycles. The van der Waals surface area contributed by atoms with Crippen LogP contribution in [0, 0.1) is 0 Å². The standard InChI is InChI=1S/C11H14N4O/c1-9(2)15-7-4-10(13-11(15)16)14-6-3-5-12-8-14/h3-7,9H,8H2,1-2H3. The van der Waals surface area contributed by atoms with Crippen molar-refractivity contribution in [2.75, 3.05) is 11.6 Å². The summed E-state index contributed by atoms with van der Waals surface area (Å²) >= 11 is 0. The number of anilines is 1. The molecule has 1 aliphatic rings. The molecule has 0 N–H and O–H groups in total. The summed E-state index contributed by atoms with van der Waals surface area (Å²) in [6.07, 6.45) is 7.17. The van der Waals surface area contributed by atoms with Crippen LogP contribution < -0.4 is 10.6 Å². The van der Waals surface area contributed by atoms with Crippen LogP contribution in [0.4, 0.5) is 5.82 Å². The van der Waals surface area contributed by atoms with Gasteiger partial charge >= 0.3 is 5.69 Å². The van der Waals surface area contributed by atoms with Crippen LogP contribution in [0.15, 0.2) is 34.3 Å². The van der Waals surface area contributed by atoms with Gasteiger partial charge in [-0.25, -0.2) is 4.79 Å². The summed E-state index contributed by atoms with van der Waals surface area (Å²) in [5.41, 5.74) is -0.226. The molecule has 1 aromatic heterocycles. The Morgan fingerprint density at radius 1 is 1.44 bits per heavy atom. The Hall–Kier alpha value is -1.91. The summed E-state index contributed by atoms with van der Waals surface area (Å²) in [4.78, 5) is 21.6. The third-order valence-electron chi connectivity index (χ3n) is 2.36. The van der Waals surface area contributed by atoms with Gasteiger partial charge in [0, 0.05) is 24.7 Å². The van der Waals surface area contributed by atoms with Crippen molar-refractivity contribution in [1.82, 2.24) is 9.55 Å². The second kappa shape index (κ2) is 4.30. The monoisotopic (exact) mass is 218 g/mol. The number of aliphatic imine (C=N–C) groups is 1. The molecule has 0 atom stereocenters. The minimum absolute atomic E-state index is 0.129. The van der Waals surface area contributed by atoms with Crippen LogP contribution in [0.3, 0.4) is 0 Å². The number of aromatic nitrogens is 2. The lowest BCUT2D eigenvalue weighted by molar-refractivity contribution is 0.563. The van der Waals surface area contributed by atoms with Crippen molar-refractivity contribution in [2.24, 2.45) is 4.99 Å². The lowest BCUT2D eigenvalue weighted by atomic mass is 10.4. The lowest BCUT2D eigenvalue weighted by Gasteiger charge is -2.19. The Balaban J connectivity index is 2.31. The first-order valence-electron chi connectivity index (χ1n) is 5.21. The van der Waals surface area contributed by atoms with Gasteiger partial charge in [-0.3, -0.25) is 9.56 Å². The summed E-state index contributed by atoms with van der Waals surface area (Å²) < 4.78 is 1.60. The average Bonchev–Trinajstić information content (AvgIpc) is 2.29. The molecule has 0 saturated carbocycles. The Morgan fingerprint density at radius 2 is 2.25 bits per heavy atom. The molecule has 16 heavy (non-hydrogen) atoms. The molecule has 1 aromatic rings. The fourth-order valence-electron chi connectivity index (χ4n) is 1.49. The predicted octanol–water partition coefficient (Wildman–Crippen LogP) is 1.19. The summed E-state index contributed by atoms with van der Waals surface area (Å²) in [7, 11) is 0. The highest BCUT2D eigenvalue weighted by atomic mass is 16.1. The van der Waals surface area contributed by atoms with E-state index in [0.29, 0.717) is 12.5 Å². The number of nitrogens with zero attached hydrogens (tertiary/aromatic N) is 4. The van der Waals surface area contributed by atoms with Crippen molar-refractivity contribution in [2.45, 2.75) is 19.9 Å². The number of rotatable bonds is 2. The fourth-order valence-corrected chi connectivity index (χ4v) is 1.49. The quantitative estimate of drug-likeness (QED) is 0.749. The Kier molecular flexibility index (Phi) is 2.85. The minimum atomic E-state index is -0.226. The van der Waals surface area contributed by atoms with Gasteiger partial charge in [0.25, 0.3) is 0 Å². The van der Waals surface area contributed by atoms with Gasteiger partial charge in [0.2, 0.25) is 0 Å². The van der Waals surface area contributed by atoms with E-state index in [1.165, 1.54) is 0 Å². The summed E-state index contributed by atoms with van der Waals surface area (Å²) in [6.45, 7) is 4.41. The van der Waals surface area contributed by atoms with E-state index in [0.717, 1.165) is 0 Å². The van der Waals surface area contributed by atoms with E-state index >= 15 is 0 Å². The van der Waals surface area contributed by atoms with E-state index < -0.39 is 0 Å². The summed E-state index contributed by atoms with van der Waals surface area (Å²) in [5, 5.41) is 0. The fraction of sp³-hybridized carbons (Fsp3) is 0.364. The molecule has 84 valence electrons. The third-order valence-corrected chi connectivity index (χ3v) is 2.36. The molecule has 5 nitrogen and oxygen atoms in total. The molecule has 2 heterocycles. The molecule has 5 heteroatoms. The average molecular weight is 218 g/mol. The van der Waals surface area contributed by atoms with Gasteiger partial charge in [0.05, 0.1) is 0 Å². The van der Waals surface area contributed by atoms with E-state index in [9.17, 15) is 4.79 Å². The van der Waals surface area contributed by atoms with Gasteiger partial charge in [-0.05, 0) is 26.0 Å². The summed E-state index contributed by atoms with van der Waals surface area (Å²) in [5.74, 6) is 0.634. The molecule has 2 rings (SSSR count). The molecule has 0 radical (unpaired) electrons. The van der Waals surface area contributed by atoms with Gasteiger partial charge in [-0.2, -0.15) is 4.98 Å². The van der Waals surface area contributed by atoms with Crippen LogP contribution in [0.1, 0.15) is 19.9 Å². The van der Waals surface area contributed by atoms with Crippen LogP contribution in [-0.2, 0) is 0 Å². The van der Waals surface area contributed by atoms with Crippen LogP contribution in [0.5, 0.6) is 0 Å². The Bertz CT molecular complexity index is 487. The van der Waals surface area contributed by atoms with Gasteiger partial charge in [0.1, 0.15) is 12.5 Å². The van der Waals surface area contributed by atoms with Gasteiger partial charge in [0.15, 0.2) is 0 Å². The second-order valence-corrected chi connectivity index (χ2v) is 3.85. The molecular formula is C11H14N4O. The highest BCUT2D eigenvalue weighted by Crippen LogP contribution is 2.10. The topological polar surface area (TPSA) is 50.5 Å². The van der Waals surface area contributed by atoms with Crippen molar-refractivity contribution >= 4 is 12.0 Å². The largest absolute Gasteiger partial charge is 0.349 e. The van der Waals surface area contributed by atoms with E-state index in [4.69, 9.17) is 0 Å². The number of allylic oxidation sites excluding steroid dienone is 1. The van der Waals surface area contributed by atoms with Crippen LogP contribution in [0.2, 0.25) is 0 Å². The first kappa shape index (κ1) is 10.6. The molecule has 0 aromatic carbocycles. The maximum Gasteiger partial charge on any atom is 0.349 e. The Labute approximate surface area is 93.8 Å². The molecule has 0 fully saturated rings. The Morgan fingerprint density at radius 3 is 2.81 bits per heavy atom. The van der Waals surface area contributed by atoms with Crippen molar-refractivity contribution in [3.8, 4) is 0 Å². The molecule has 0 unspecified atom stereocenters. The van der Waals surface area contributed by atoms with E-state index in [1.54, 1.807) is 17.0 Å². The van der Waals surface area contributed by atoms with Crippen molar-refractivity contribution in [3.63, 3.8) is 0 Å². The highest BCUT2D eigenvalue weighted by Gasteiger charge is 2.08. The first-order valence-corrected chi connectivity index (χ1v) is 5.21. The number of hydrogen-bond donors (Lipinski definition) is 0. The zero-order valence-corrected chi connectivity index (χ0v) is 9.37. The molecular weight excluding hydrogens is 204 g/mol. The molecule has 0 amide bonds. The van der Waals surface area contributed by atoms with E-state index in [2.05, 4.69) is 9.98 Å². The highest BCUT2D eigenvalue weighted by molar-refractivity contribution is 5.73. The number of hydrogen-bond acceptors (Lipinski definition) is 4.